The van der Waals surface area contributed by atoms with Gasteiger partial charge in [0.2, 0.25) is 5.91 Å². The number of nitrogens with zero attached hydrogens (tertiary/aromatic N) is 3. The van der Waals surface area contributed by atoms with Crippen LogP contribution in [-0.4, -0.2) is 24.0 Å². The van der Waals surface area contributed by atoms with Gasteiger partial charge in [-0.15, -0.1) is 0 Å². The van der Waals surface area contributed by atoms with Gasteiger partial charge in [0.15, 0.2) is 0 Å². The summed E-state index contributed by atoms with van der Waals surface area (Å²) in [6, 6.07) is 5.09. The molecule has 0 atom stereocenters. The van der Waals surface area contributed by atoms with Crippen molar-refractivity contribution >= 4 is 23.3 Å². The SMILES string of the molecule is CCCCN(CC(N)=O)c1cc(C#N)cc(Cl)n1. The van der Waals surface area contributed by atoms with Crippen LogP contribution >= 0.6 is 11.6 Å². The molecule has 1 heterocycles. The number of nitrogens with two attached hydrogens (primary N) is 1. The van der Waals surface area contributed by atoms with Gasteiger partial charge in [0, 0.05) is 6.54 Å². The maximum absolute atomic E-state index is 11.0. The number of amides is 1. The van der Waals surface area contributed by atoms with Gasteiger partial charge in [0.1, 0.15) is 11.0 Å². The van der Waals surface area contributed by atoms with E-state index in [0.29, 0.717) is 17.9 Å². The first-order valence-electron chi connectivity index (χ1n) is 5.67. The van der Waals surface area contributed by atoms with Crippen LogP contribution in [0.4, 0.5) is 5.82 Å². The zero-order chi connectivity index (χ0) is 13.5. The molecule has 0 bridgehead atoms. The van der Waals surface area contributed by atoms with Crippen molar-refractivity contribution in [3.05, 3.63) is 22.8 Å². The Morgan fingerprint density at radius 1 is 1.61 bits per heavy atom. The van der Waals surface area contributed by atoms with Crippen LogP contribution in [0.3, 0.4) is 0 Å². The minimum absolute atomic E-state index is 0.0677. The topological polar surface area (TPSA) is 83.0 Å². The van der Waals surface area contributed by atoms with Crippen LogP contribution in [0.5, 0.6) is 0 Å². The van der Waals surface area contributed by atoms with Gasteiger partial charge in [-0.1, -0.05) is 24.9 Å². The summed E-state index contributed by atoms with van der Waals surface area (Å²) in [7, 11) is 0. The zero-order valence-corrected chi connectivity index (χ0v) is 10.9. The first kappa shape index (κ1) is 14.3. The van der Waals surface area contributed by atoms with E-state index in [0.717, 1.165) is 12.8 Å². The van der Waals surface area contributed by atoms with Crippen molar-refractivity contribution in [2.45, 2.75) is 19.8 Å². The van der Waals surface area contributed by atoms with Gasteiger partial charge in [-0.3, -0.25) is 4.79 Å². The third kappa shape index (κ3) is 4.22. The van der Waals surface area contributed by atoms with Gasteiger partial charge in [0.05, 0.1) is 18.2 Å². The standard InChI is InChI=1S/C12H15ClN4O/c1-2-3-4-17(8-11(15)18)12-6-9(7-14)5-10(13)16-12/h5-6H,2-4,8H2,1H3,(H2,15,18). The first-order chi connectivity index (χ1) is 8.56. The molecule has 0 spiro atoms. The van der Waals surface area contributed by atoms with Crippen LogP contribution in [0.1, 0.15) is 25.3 Å². The number of anilines is 1. The predicted octanol–water partition coefficient (Wildman–Crippen LogP) is 1.70. The minimum atomic E-state index is -0.439. The Kier molecular flexibility index (Phi) is 5.40. The fourth-order valence-electron chi connectivity index (χ4n) is 1.52. The lowest BCUT2D eigenvalue weighted by Gasteiger charge is -2.22. The van der Waals surface area contributed by atoms with E-state index in [1.807, 2.05) is 6.07 Å². The number of hydrogen-bond acceptors (Lipinski definition) is 4. The van der Waals surface area contributed by atoms with Gasteiger partial charge < -0.3 is 10.6 Å². The molecule has 0 saturated carbocycles. The molecular formula is C12H15ClN4O. The summed E-state index contributed by atoms with van der Waals surface area (Å²) in [5.41, 5.74) is 5.62. The number of nitriles is 1. The normalized spacial score (nSPS) is 9.83. The number of rotatable bonds is 6. The molecule has 2 N–H and O–H groups in total. The molecule has 18 heavy (non-hydrogen) atoms. The molecule has 0 aliphatic heterocycles. The Hall–Kier alpha value is -1.80. The van der Waals surface area contributed by atoms with Crippen molar-refractivity contribution in [3.63, 3.8) is 0 Å². The highest BCUT2D eigenvalue weighted by Crippen LogP contribution is 2.18. The highest BCUT2D eigenvalue weighted by molar-refractivity contribution is 6.29. The van der Waals surface area contributed by atoms with Gasteiger partial charge in [-0.2, -0.15) is 5.26 Å². The van der Waals surface area contributed by atoms with Crippen LogP contribution in [0.15, 0.2) is 12.1 Å². The van der Waals surface area contributed by atoms with E-state index < -0.39 is 5.91 Å². The van der Waals surface area contributed by atoms with E-state index in [9.17, 15) is 4.79 Å². The highest BCUT2D eigenvalue weighted by atomic mass is 35.5. The summed E-state index contributed by atoms with van der Waals surface area (Å²) < 4.78 is 0. The number of carbonyl (C=O) groups is 1. The molecular weight excluding hydrogens is 252 g/mol. The molecule has 5 nitrogen and oxygen atoms in total. The lowest BCUT2D eigenvalue weighted by molar-refractivity contribution is -0.116. The number of pyridine rings is 1. The number of halogens is 1. The number of aromatic nitrogens is 1. The van der Waals surface area contributed by atoms with Crippen LogP contribution in [0.2, 0.25) is 5.15 Å². The Morgan fingerprint density at radius 2 is 2.33 bits per heavy atom. The molecule has 6 heteroatoms. The largest absolute Gasteiger partial charge is 0.368 e. The maximum Gasteiger partial charge on any atom is 0.236 e. The monoisotopic (exact) mass is 266 g/mol. The lowest BCUT2D eigenvalue weighted by atomic mass is 10.2. The molecule has 0 unspecified atom stereocenters. The summed E-state index contributed by atoms with van der Waals surface area (Å²) >= 11 is 5.84. The Bertz CT molecular complexity index is 470. The second-order valence-electron chi connectivity index (χ2n) is 3.89. The number of unbranched alkanes of at least 4 members (excludes halogenated alkanes) is 1. The van der Waals surface area contributed by atoms with Gasteiger partial charge in [0.25, 0.3) is 0 Å². The van der Waals surface area contributed by atoms with Crippen LogP contribution in [-0.2, 0) is 4.79 Å². The van der Waals surface area contributed by atoms with Crippen molar-refractivity contribution in [1.29, 1.82) is 5.26 Å². The van der Waals surface area contributed by atoms with Crippen molar-refractivity contribution in [1.82, 2.24) is 4.98 Å². The van der Waals surface area contributed by atoms with Crippen molar-refractivity contribution in [3.8, 4) is 6.07 Å². The van der Waals surface area contributed by atoms with Crippen LogP contribution < -0.4 is 10.6 Å². The Balaban J connectivity index is 2.99. The number of primary amides is 1. The van der Waals surface area contributed by atoms with Crippen molar-refractivity contribution in [2.24, 2.45) is 5.73 Å². The average Bonchev–Trinajstić information content (AvgIpc) is 2.33. The smallest absolute Gasteiger partial charge is 0.236 e. The van der Waals surface area contributed by atoms with Crippen LogP contribution in [0.25, 0.3) is 0 Å². The third-order valence-corrected chi connectivity index (χ3v) is 2.56. The van der Waals surface area contributed by atoms with Crippen molar-refractivity contribution < 1.29 is 4.79 Å². The van der Waals surface area contributed by atoms with Crippen molar-refractivity contribution in [2.75, 3.05) is 18.0 Å². The molecule has 1 amide bonds. The van der Waals surface area contributed by atoms with E-state index in [-0.39, 0.29) is 11.7 Å². The molecule has 0 aromatic carbocycles. The minimum Gasteiger partial charge on any atom is -0.368 e. The van der Waals surface area contributed by atoms with Gasteiger partial charge in [-0.25, -0.2) is 4.98 Å². The second kappa shape index (κ2) is 6.82. The number of hydrogen-bond donors (Lipinski definition) is 1. The third-order valence-electron chi connectivity index (χ3n) is 2.36. The molecule has 1 aromatic heterocycles. The summed E-state index contributed by atoms with van der Waals surface area (Å²) in [4.78, 5) is 16.9. The van der Waals surface area contributed by atoms with E-state index >= 15 is 0 Å². The molecule has 96 valence electrons. The fourth-order valence-corrected chi connectivity index (χ4v) is 1.73. The molecule has 0 saturated heterocycles. The second-order valence-corrected chi connectivity index (χ2v) is 4.28. The lowest BCUT2D eigenvalue weighted by Crippen LogP contribution is -2.35. The summed E-state index contributed by atoms with van der Waals surface area (Å²) in [5, 5.41) is 9.11. The van der Waals surface area contributed by atoms with Gasteiger partial charge in [-0.05, 0) is 18.6 Å². The first-order valence-corrected chi connectivity index (χ1v) is 6.05. The summed E-state index contributed by atoms with van der Waals surface area (Å²) in [5.74, 6) is 0.0673. The van der Waals surface area contributed by atoms with Crippen LogP contribution in [0, 0.1) is 11.3 Å². The van der Waals surface area contributed by atoms with E-state index in [1.54, 1.807) is 11.0 Å². The Morgan fingerprint density at radius 3 is 2.89 bits per heavy atom. The zero-order valence-electron chi connectivity index (χ0n) is 10.2. The Labute approximate surface area is 111 Å². The molecule has 0 fully saturated rings. The predicted molar refractivity (Wildman–Crippen MR) is 70.3 cm³/mol. The molecule has 1 rings (SSSR count). The molecule has 0 aliphatic rings. The molecule has 0 aliphatic carbocycles. The molecule has 1 aromatic rings. The number of carbonyl (C=O) groups excluding carboxylic acids is 1. The highest BCUT2D eigenvalue weighted by Gasteiger charge is 2.12. The van der Waals surface area contributed by atoms with E-state index in [2.05, 4.69) is 11.9 Å². The van der Waals surface area contributed by atoms with Gasteiger partial charge >= 0.3 is 0 Å². The summed E-state index contributed by atoms with van der Waals surface area (Å²) in [6.45, 7) is 2.77. The maximum atomic E-state index is 11.0. The fraction of sp³-hybridized carbons (Fsp3) is 0.417. The average molecular weight is 267 g/mol. The molecule has 0 radical (unpaired) electrons. The van der Waals surface area contributed by atoms with E-state index in [1.165, 1.54) is 6.07 Å². The quantitative estimate of drug-likeness (QED) is 0.795. The summed E-state index contributed by atoms with van der Waals surface area (Å²) in [6.07, 6.45) is 1.89. The van der Waals surface area contributed by atoms with E-state index in [4.69, 9.17) is 22.6 Å².